The van der Waals surface area contributed by atoms with Gasteiger partial charge in [-0.15, -0.1) is 11.8 Å². The molecule has 0 aliphatic carbocycles. The maximum Gasteiger partial charge on any atom is 0.313 e. The van der Waals surface area contributed by atoms with E-state index < -0.39 is 5.97 Å². The molecule has 7 heteroatoms. The zero-order chi connectivity index (χ0) is 15.1. The number of likely N-dealkylation sites (tertiary alicyclic amines) is 1. The molecule has 0 aromatic rings. The number of hydrogen-bond acceptors (Lipinski definition) is 5. The van der Waals surface area contributed by atoms with Crippen molar-refractivity contribution in [2.75, 3.05) is 57.4 Å². The first-order chi connectivity index (χ1) is 10.1. The standard InChI is InChI=1S/C14H24N2O4S/c17-13(10-21-11-14(18)19)16-3-1-12(2-4-16)9-15-5-7-20-8-6-15/h12H,1-11H2,(H,18,19). The van der Waals surface area contributed by atoms with E-state index >= 15 is 0 Å². The van der Waals surface area contributed by atoms with Crippen LogP contribution >= 0.6 is 11.8 Å². The number of carbonyl (C=O) groups excluding carboxylic acids is 1. The Morgan fingerprint density at radius 3 is 2.38 bits per heavy atom. The number of piperidine rings is 1. The number of rotatable bonds is 6. The van der Waals surface area contributed by atoms with Gasteiger partial charge in [0.1, 0.15) is 0 Å². The Morgan fingerprint density at radius 1 is 1.10 bits per heavy atom. The fourth-order valence-electron chi connectivity index (χ4n) is 2.83. The lowest BCUT2D eigenvalue weighted by Gasteiger charge is -2.36. The van der Waals surface area contributed by atoms with Crippen LogP contribution in [0.5, 0.6) is 0 Å². The van der Waals surface area contributed by atoms with Crippen molar-refractivity contribution in [3.05, 3.63) is 0 Å². The van der Waals surface area contributed by atoms with Gasteiger partial charge in [-0.3, -0.25) is 14.5 Å². The summed E-state index contributed by atoms with van der Waals surface area (Å²) < 4.78 is 5.35. The van der Waals surface area contributed by atoms with Crippen molar-refractivity contribution in [2.24, 2.45) is 5.92 Å². The number of carbonyl (C=O) groups is 2. The molecule has 2 aliphatic heterocycles. The molecule has 2 rings (SSSR count). The average molecular weight is 316 g/mol. The van der Waals surface area contributed by atoms with Crippen molar-refractivity contribution in [1.29, 1.82) is 0 Å². The van der Waals surface area contributed by atoms with Gasteiger partial charge in [-0.1, -0.05) is 0 Å². The van der Waals surface area contributed by atoms with Gasteiger partial charge in [0.2, 0.25) is 5.91 Å². The summed E-state index contributed by atoms with van der Waals surface area (Å²) in [5.41, 5.74) is 0. The van der Waals surface area contributed by atoms with Crippen LogP contribution in [-0.4, -0.2) is 84.2 Å². The Hall–Kier alpha value is -0.790. The normalized spacial score (nSPS) is 21.4. The number of thioether (sulfide) groups is 1. The molecule has 0 aromatic heterocycles. The minimum Gasteiger partial charge on any atom is -0.481 e. The molecule has 2 saturated heterocycles. The lowest BCUT2D eigenvalue weighted by Crippen LogP contribution is -2.44. The number of aliphatic carboxylic acids is 1. The second-order valence-corrected chi connectivity index (χ2v) is 6.61. The molecule has 0 saturated carbocycles. The Labute approximate surface area is 129 Å². The van der Waals surface area contributed by atoms with E-state index in [1.165, 1.54) is 11.8 Å². The number of nitrogens with zero attached hydrogens (tertiary/aromatic N) is 2. The van der Waals surface area contributed by atoms with Crippen LogP contribution in [0.4, 0.5) is 0 Å². The van der Waals surface area contributed by atoms with Crippen LogP contribution in [0.2, 0.25) is 0 Å². The summed E-state index contributed by atoms with van der Waals surface area (Å²) in [6.45, 7) is 6.42. The molecular weight excluding hydrogens is 292 g/mol. The molecule has 2 aliphatic rings. The molecule has 2 heterocycles. The van der Waals surface area contributed by atoms with Gasteiger partial charge in [0.05, 0.1) is 24.7 Å². The van der Waals surface area contributed by atoms with Crippen LogP contribution in [0.15, 0.2) is 0 Å². The quantitative estimate of drug-likeness (QED) is 0.764. The van der Waals surface area contributed by atoms with Gasteiger partial charge in [0.15, 0.2) is 0 Å². The summed E-state index contributed by atoms with van der Waals surface area (Å²) in [6, 6.07) is 0. The van der Waals surface area contributed by atoms with E-state index in [2.05, 4.69) is 4.90 Å². The average Bonchev–Trinajstić information content (AvgIpc) is 2.48. The molecule has 120 valence electrons. The van der Waals surface area contributed by atoms with E-state index in [0.717, 1.165) is 58.8 Å². The van der Waals surface area contributed by atoms with Crippen molar-refractivity contribution in [3.63, 3.8) is 0 Å². The van der Waals surface area contributed by atoms with Crippen LogP contribution in [0.1, 0.15) is 12.8 Å². The summed E-state index contributed by atoms with van der Waals surface area (Å²) in [7, 11) is 0. The molecule has 6 nitrogen and oxygen atoms in total. The fraction of sp³-hybridized carbons (Fsp3) is 0.857. The monoisotopic (exact) mass is 316 g/mol. The van der Waals surface area contributed by atoms with Crippen LogP contribution in [0.25, 0.3) is 0 Å². The van der Waals surface area contributed by atoms with Gasteiger partial charge in [-0.2, -0.15) is 0 Å². The number of amides is 1. The highest BCUT2D eigenvalue weighted by Crippen LogP contribution is 2.19. The van der Waals surface area contributed by atoms with Crippen LogP contribution in [0.3, 0.4) is 0 Å². The molecule has 1 N–H and O–H groups in total. The first-order valence-corrected chi connectivity index (χ1v) is 8.68. The van der Waals surface area contributed by atoms with Gasteiger partial charge in [-0.05, 0) is 18.8 Å². The minimum absolute atomic E-state index is 0.000758. The molecule has 0 atom stereocenters. The zero-order valence-corrected chi connectivity index (χ0v) is 13.1. The molecule has 2 fully saturated rings. The molecule has 0 spiro atoms. The summed E-state index contributed by atoms with van der Waals surface area (Å²) in [5.74, 6) is 0.154. The van der Waals surface area contributed by atoms with Gasteiger partial charge >= 0.3 is 5.97 Å². The predicted octanol–water partition coefficient (Wildman–Crippen LogP) is 0.375. The van der Waals surface area contributed by atoms with E-state index in [4.69, 9.17) is 9.84 Å². The summed E-state index contributed by atoms with van der Waals surface area (Å²) >= 11 is 1.18. The highest BCUT2D eigenvalue weighted by molar-refractivity contribution is 8.00. The predicted molar refractivity (Wildman–Crippen MR) is 81.5 cm³/mol. The molecule has 1 amide bonds. The molecule has 0 unspecified atom stereocenters. The zero-order valence-electron chi connectivity index (χ0n) is 12.3. The van der Waals surface area contributed by atoms with Gasteiger partial charge in [0, 0.05) is 32.7 Å². The van der Waals surface area contributed by atoms with E-state index in [0.29, 0.717) is 5.92 Å². The van der Waals surface area contributed by atoms with Crippen molar-refractivity contribution in [2.45, 2.75) is 12.8 Å². The number of morpholine rings is 1. The lowest BCUT2D eigenvalue weighted by atomic mass is 9.96. The Morgan fingerprint density at radius 2 is 1.76 bits per heavy atom. The third-order valence-electron chi connectivity index (χ3n) is 4.04. The lowest BCUT2D eigenvalue weighted by molar-refractivity contribution is -0.133. The smallest absolute Gasteiger partial charge is 0.313 e. The van der Waals surface area contributed by atoms with Crippen LogP contribution in [0, 0.1) is 5.92 Å². The van der Waals surface area contributed by atoms with Crippen molar-refractivity contribution < 1.29 is 19.4 Å². The SMILES string of the molecule is O=C(O)CSCC(=O)N1CCC(CN2CCOCC2)CC1. The number of hydrogen-bond donors (Lipinski definition) is 1. The maximum atomic E-state index is 12.0. The maximum absolute atomic E-state index is 12.0. The number of carboxylic acids is 1. The molecule has 21 heavy (non-hydrogen) atoms. The Bertz CT molecular complexity index is 353. The first kappa shape index (κ1) is 16.6. The number of ether oxygens (including phenoxy) is 1. The van der Waals surface area contributed by atoms with Crippen LogP contribution < -0.4 is 0 Å². The van der Waals surface area contributed by atoms with E-state index in [9.17, 15) is 9.59 Å². The molecule has 0 bridgehead atoms. The van der Waals surface area contributed by atoms with Crippen molar-refractivity contribution in [3.8, 4) is 0 Å². The van der Waals surface area contributed by atoms with Crippen molar-refractivity contribution in [1.82, 2.24) is 9.80 Å². The summed E-state index contributed by atoms with van der Waals surface area (Å²) in [6.07, 6.45) is 2.10. The second-order valence-electron chi connectivity index (χ2n) is 5.62. The molecule has 0 aromatic carbocycles. The highest BCUT2D eigenvalue weighted by atomic mass is 32.2. The summed E-state index contributed by atoms with van der Waals surface area (Å²) in [4.78, 5) is 26.7. The van der Waals surface area contributed by atoms with Gasteiger partial charge in [-0.25, -0.2) is 0 Å². The van der Waals surface area contributed by atoms with Gasteiger partial charge in [0.25, 0.3) is 0 Å². The van der Waals surface area contributed by atoms with E-state index in [1.807, 2.05) is 4.90 Å². The van der Waals surface area contributed by atoms with E-state index in [-0.39, 0.29) is 17.4 Å². The molecular formula is C14H24N2O4S. The van der Waals surface area contributed by atoms with E-state index in [1.54, 1.807) is 0 Å². The second kappa shape index (κ2) is 8.60. The topological polar surface area (TPSA) is 70.1 Å². The number of carboxylic acid groups (broad SMARTS) is 1. The third-order valence-corrected chi connectivity index (χ3v) is 4.94. The van der Waals surface area contributed by atoms with Crippen molar-refractivity contribution >= 4 is 23.6 Å². The third kappa shape index (κ3) is 5.84. The fourth-order valence-corrected chi connectivity index (χ4v) is 3.46. The Kier molecular flexibility index (Phi) is 6.79. The van der Waals surface area contributed by atoms with Gasteiger partial charge < -0.3 is 14.7 Å². The highest BCUT2D eigenvalue weighted by Gasteiger charge is 2.24. The first-order valence-electron chi connectivity index (χ1n) is 7.52. The minimum atomic E-state index is -0.864. The largest absolute Gasteiger partial charge is 0.481 e. The Balaban J connectivity index is 1.62. The van der Waals surface area contributed by atoms with Crippen LogP contribution in [-0.2, 0) is 14.3 Å². The molecule has 0 radical (unpaired) electrons. The summed E-state index contributed by atoms with van der Waals surface area (Å²) in [5, 5.41) is 8.57.